The largest absolute Gasteiger partial charge is 0.413 e. The molecule has 0 bridgehead atoms. The van der Waals surface area contributed by atoms with E-state index in [-0.39, 0.29) is 40.2 Å². The summed E-state index contributed by atoms with van der Waals surface area (Å²) in [5.74, 6) is 0.502. The first-order chi connectivity index (χ1) is 17.9. The molecule has 0 spiro atoms. The Bertz CT molecular complexity index is 962. The Labute approximate surface area is 240 Å². The van der Waals surface area contributed by atoms with Gasteiger partial charge in [-0.3, -0.25) is 0 Å². The number of ether oxygens (including phenoxy) is 2. The molecule has 7 heteroatoms. The number of methoxy groups -OCH3 is 1. The zero-order valence-corrected chi connectivity index (χ0v) is 28.5. The average Bonchev–Trinajstić information content (AvgIpc) is 3.29. The Kier molecular flexibility index (Phi) is 10.6. The maximum atomic E-state index is 10.3. The second-order valence-corrected chi connectivity index (χ2v) is 24.4. The predicted octanol–water partition coefficient (Wildman–Crippen LogP) is 7.85. The van der Waals surface area contributed by atoms with Crippen LogP contribution < -0.4 is 0 Å². The summed E-state index contributed by atoms with van der Waals surface area (Å²) in [5.41, 5.74) is 2.52. The SMILES string of the molecule is COCc1cccc(CCC(/C=C/[C@H]2[C@H](O[Si](C)(C)C(C)(C)C)CC3OC(O)C[C@@H]32)O[Si](C)(C)C(C)(C)C)c1. The van der Waals surface area contributed by atoms with E-state index in [0.29, 0.717) is 13.0 Å². The lowest BCUT2D eigenvalue weighted by Gasteiger charge is -2.40. The topological polar surface area (TPSA) is 57.2 Å². The molecule has 2 aliphatic rings. The molecule has 39 heavy (non-hydrogen) atoms. The zero-order valence-electron chi connectivity index (χ0n) is 26.5. The van der Waals surface area contributed by atoms with Crippen molar-refractivity contribution in [2.24, 2.45) is 11.8 Å². The molecule has 0 radical (unpaired) electrons. The van der Waals surface area contributed by atoms with Crippen molar-refractivity contribution >= 4 is 16.6 Å². The lowest BCUT2D eigenvalue weighted by molar-refractivity contribution is -0.0945. The van der Waals surface area contributed by atoms with Gasteiger partial charge in [0.25, 0.3) is 0 Å². The third-order valence-electron chi connectivity index (χ3n) is 9.74. The molecule has 1 heterocycles. The van der Waals surface area contributed by atoms with Gasteiger partial charge in [0.05, 0.1) is 24.9 Å². The first-order valence-electron chi connectivity index (χ1n) is 14.9. The third-order valence-corrected chi connectivity index (χ3v) is 18.8. The smallest absolute Gasteiger partial charge is 0.192 e. The maximum Gasteiger partial charge on any atom is 0.192 e. The van der Waals surface area contributed by atoms with Crippen molar-refractivity contribution in [3.8, 4) is 0 Å². The number of aryl methyl sites for hydroxylation is 1. The van der Waals surface area contributed by atoms with Gasteiger partial charge in [-0.15, -0.1) is 0 Å². The van der Waals surface area contributed by atoms with E-state index in [4.69, 9.17) is 18.3 Å². The van der Waals surface area contributed by atoms with Crippen LogP contribution in [0.3, 0.4) is 0 Å². The van der Waals surface area contributed by atoms with Gasteiger partial charge in [-0.05, 0) is 72.6 Å². The second kappa shape index (κ2) is 12.6. The van der Waals surface area contributed by atoms with E-state index in [0.717, 1.165) is 19.3 Å². The number of hydrogen-bond acceptors (Lipinski definition) is 5. The highest BCUT2D eigenvalue weighted by atomic mass is 28.4. The van der Waals surface area contributed by atoms with Crippen LogP contribution in [-0.4, -0.2) is 53.5 Å². The normalized spacial score (nSPS) is 27.3. The molecule has 2 fully saturated rings. The van der Waals surface area contributed by atoms with Gasteiger partial charge in [0.15, 0.2) is 22.9 Å². The number of aliphatic hydroxyl groups excluding tert-OH is 1. The van der Waals surface area contributed by atoms with Crippen molar-refractivity contribution in [1.29, 1.82) is 0 Å². The van der Waals surface area contributed by atoms with Gasteiger partial charge < -0.3 is 23.4 Å². The van der Waals surface area contributed by atoms with Gasteiger partial charge in [0.2, 0.25) is 0 Å². The molecule has 5 nitrogen and oxygen atoms in total. The molecule has 0 amide bonds. The van der Waals surface area contributed by atoms with Crippen LogP contribution in [0.15, 0.2) is 36.4 Å². The summed E-state index contributed by atoms with van der Waals surface area (Å²) in [7, 11) is -2.20. The first-order valence-corrected chi connectivity index (χ1v) is 20.7. The van der Waals surface area contributed by atoms with Gasteiger partial charge in [-0.1, -0.05) is 78.0 Å². The fourth-order valence-corrected chi connectivity index (χ4v) is 8.01. The summed E-state index contributed by atoms with van der Waals surface area (Å²) >= 11 is 0. The fourth-order valence-electron chi connectivity index (χ4n) is 5.34. The highest BCUT2D eigenvalue weighted by Crippen LogP contribution is 2.48. The Morgan fingerprint density at radius 1 is 1.00 bits per heavy atom. The summed E-state index contributed by atoms with van der Waals surface area (Å²) in [6.07, 6.45) is 7.62. The zero-order chi connectivity index (χ0) is 29.2. The van der Waals surface area contributed by atoms with Gasteiger partial charge in [-0.25, -0.2) is 0 Å². The van der Waals surface area contributed by atoms with Crippen molar-refractivity contribution in [3.63, 3.8) is 0 Å². The Balaban J connectivity index is 1.85. The summed E-state index contributed by atoms with van der Waals surface area (Å²) < 4.78 is 25.3. The molecule has 6 atom stereocenters. The minimum absolute atomic E-state index is 0.0248. The van der Waals surface area contributed by atoms with Crippen LogP contribution in [0.4, 0.5) is 0 Å². The van der Waals surface area contributed by atoms with E-state index in [1.165, 1.54) is 11.1 Å². The number of hydrogen-bond donors (Lipinski definition) is 1. The quantitative estimate of drug-likeness (QED) is 0.215. The first kappa shape index (κ1) is 32.7. The van der Waals surface area contributed by atoms with E-state index in [2.05, 4.69) is 104 Å². The van der Waals surface area contributed by atoms with Crippen LogP contribution in [0.2, 0.25) is 36.3 Å². The molecule has 1 saturated heterocycles. The standard InChI is InChI=1S/C32H56O5Si2/c1-31(2,3)38(8,9)36-25(16-15-23-13-12-14-24(19-23)22-34-7)17-18-26-27-20-30(33)35-28(27)21-29(26)37-39(10,11)32(4,5)6/h12-14,17-19,25-30,33H,15-16,20-22H2,1-11H3/b18-17+/t25?,26-,27-,28?,29-,30?/m1/s1. The number of aliphatic hydroxyl groups is 1. The third kappa shape index (κ3) is 8.37. The molecule has 0 aromatic heterocycles. The van der Waals surface area contributed by atoms with Crippen LogP contribution in [0.5, 0.6) is 0 Å². The lowest BCUT2D eigenvalue weighted by Crippen LogP contribution is -2.45. The predicted molar refractivity (Wildman–Crippen MR) is 166 cm³/mol. The fraction of sp³-hybridized carbons (Fsp3) is 0.750. The van der Waals surface area contributed by atoms with Crippen LogP contribution in [-0.2, 0) is 31.4 Å². The molecule has 3 unspecified atom stereocenters. The Morgan fingerprint density at radius 2 is 1.64 bits per heavy atom. The van der Waals surface area contributed by atoms with Gasteiger partial charge >= 0.3 is 0 Å². The number of benzene rings is 1. The minimum Gasteiger partial charge on any atom is -0.413 e. The van der Waals surface area contributed by atoms with Crippen molar-refractivity contribution in [2.75, 3.05) is 7.11 Å². The van der Waals surface area contributed by atoms with E-state index >= 15 is 0 Å². The average molecular weight is 577 g/mol. The Morgan fingerprint density at radius 3 is 2.26 bits per heavy atom. The molecule has 1 aromatic rings. The van der Waals surface area contributed by atoms with E-state index in [1.807, 2.05) is 0 Å². The summed E-state index contributed by atoms with van der Waals surface area (Å²) in [5, 5.41) is 10.6. The van der Waals surface area contributed by atoms with Crippen LogP contribution in [0, 0.1) is 11.8 Å². The lowest BCUT2D eigenvalue weighted by atomic mass is 9.91. The molecule has 1 aromatic carbocycles. The highest BCUT2D eigenvalue weighted by Gasteiger charge is 2.51. The van der Waals surface area contributed by atoms with Gasteiger partial charge in [0.1, 0.15) is 0 Å². The molecular weight excluding hydrogens is 521 g/mol. The minimum atomic E-state index is -1.98. The number of rotatable bonds is 11. The summed E-state index contributed by atoms with van der Waals surface area (Å²) in [6, 6.07) is 8.69. The molecular formula is C32H56O5Si2. The molecule has 1 N–H and O–H groups in total. The van der Waals surface area contributed by atoms with E-state index in [1.54, 1.807) is 7.11 Å². The molecule has 3 rings (SSSR count). The van der Waals surface area contributed by atoms with E-state index in [9.17, 15) is 5.11 Å². The van der Waals surface area contributed by atoms with Crippen molar-refractivity contribution < 1.29 is 23.4 Å². The Hall–Kier alpha value is -0.806. The van der Waals surface area contributed by atoms with Crippen molar-refractivity contribution in [3.05, 3.63) is 47.5 Å². The maximum absolute atomic E-state index is 10.3. The van der Waals surface area contributed by atoms with Crippen molar-refractivity contribution in [1.82, 2.24) is 0 Å². The summed E-state index contributed by atoms with van der Waals surface area (Å²) in [4.78, 5) is 0. The molecule has 1 saturated carbocycles. The van der Waals surface area contributed by atoms with Crippen LogP contribution in [0.25, 0.3) is 0 Å². The van der Waals surface area contributed by atoms with Gasteiger partial charge in [0, 0.05) is 19.4 Å². The van der Waals surface area contributed by atoms with Crippen LogP contribution in [0.1, 0.15) is 71.9 Å². The van der Waals surface area contributed by atoms with Crippen molar-refractivity contribution in [2.45, 2.75) is 135 Å². The highest BCUT2D eigenvalue weighted by molar-refractivity contribution is 6.74. The van der Waals surface area contributed by atoms with Crippen LogP contribution >= 0.6 is 0 Å². The monoisotopic (exact) mass is 576 g/mol. The molecule has 1 aliphatic carbocycles. The van der Waals surface area contributed by atoms with Gasteiger partial charge in [-0.2, -0.15) is 0 Å². The molecule has 1 aliphatic heterocycles. The molecule has 222 valence electrons. The summed E-state index contributed by atoms with van der Waals surface area (Å²) in [6.45, 7) is 23.8. The number of fused-ring (bicyclic) bond motifs is 1. The second-order valence-electron chi connectivity index (χ2n) is 14.9. The van der Waals surface area contributed by atoms with E-state index < -0.39 is 22.9 Å².